The van der Waals surface area contributed by atoms with E-state index in [2.05, 4.69) is 5.32 Å². The molecule has 0 saturated heterocycles. The number of hydrogen-bond donors (Lipinski definition) is 1. The number of rotatable bonds is 5. The summed E-state index contributed by atoms with van der Waals surface area (Å²) in [7, 11) is 0. The molecule has 1 N–H and O–H groups in total. The molecule has 0 saturated carbocycles. The van der Waals surface area contributed by atoms with Gasteiger partial charge >= 0.3 is 0 Å². The molecular weight excluding hydrogens is 554 g/mol. The number of aromatic nitrogens is 3. The van der Waals surface area contributed by atoms with Crippen molar-refractivity contribution in [3.63, 3.8) is 0 Å². The van der Waals surface area contributed by atoms with Gasteiger partial charge in [0, 0.05) is 22.0 Å². The second-order valence-electron chi connectivity index (χ2n) is 9.79. The summed E-state index contributed by atoms with van der Waals surface area (Å²) in [6.45, 7) is 5.72. The normalized spacial score (nSPS) is 15.0. The summed E-state index contributed by atoms with van der Waals surface area (Å²) in [6.07, 6.45) is 1.88. The Balaban J connectivity index is 1.50. The van der Waals surface area contributed by atoms with Crippen LogP contribution in [0.25, 0.3) is 11.8 Å². The monoisotopic (exact) mass is 579 g/mol. The topological polar surface area (TPSA) is 81.3 Å². The van der Waals surface area contributed by atoms with Crippen molar-refractivity contribution >= 4 is 40.6 Å². The smallest absolute Gasteiger partial charge is 0.271 e. The van der Waals surface area contributed by atoms with Crippen molar-refractivity contribution in [1.29, 1.82) is 0 Å². The standard InChI is InChI=1S/C32H26ClN5O2S/c1-19-26(21(3)38(36-19)25-12-8-5-9-13-25)18-27-31(40)37-29(22-14-16-23(33)17-15-22)28(20(2)34-32(37)41-27)30(39)35-24-10-6-4-7-11-24/h4-18,29H,1-3H3,(H,35,39)/b27-18+/t29-/m0/s1. The fraction of sp³-hybridized carbons (Fsp3) is 0.125. The van der Waals surface area contributed by atoms with Crippen LogP contribution in [0.15, 0.2) is 106 Å². The average molecular weight is 580 g/mol. The molecule has 3 aromatic carbocycles. The molecule has 7 nitrogen and oxygen atoms in total. The van der Waals surface area contributed by atoms with Gasteiger partial charge in [0.05, 0.1) is 33.2 Å². The molecule has 0 radical (unpaired) electrons. The Morgan fingerprint density at radius 1 is 0.951 bits per heavy atom. The van der Waals surface area contributed by atoms with Crippen molar-refractivity contribution in [1.82, 2.24) is 14.3 Å². The first-order valence-electron chi connectivity index (χ1n) is 13.1. The molecule has 0 aliphatic carbocycles. The predicted molar refractivity (Wildman–Crippen MR) is 163 cm³/mol. The molecule has 6 rings (SSSR count). The van der Waals surface area contributed by atoms with Gasteiger partial charge in [0.2, 0.25) is 0 Å². The molecule has 1 aliphatic rings. The number of hydrogen-bond acceptors (Lipinski definition) is 5. The minimum absolute atomic E-state index is 0.225. The molecule has 41 heavy (non-hydrogen) atoms. The molecule has 3 heterocycles. The highest BCUT2D eigenvalue weighted by Gasteiger charge is 2.32. The molecule has 2 aromatic heterocycles. The highest BCUT2D eigenvalue weighted by Crippen LogP contribution is 2.31. The number of para-hydroxylation sites is 2. The Bertz CT molecular complexity index is 1990. The van der Waals surface area contributed by atoms with Gasteiger partial charge in [-0.05, 0) is 68.8 Å². The molecular formula is C32H26ClN5O2S. The lowest BCUT2D eigenvalue weighted by atomic mass is 9.95. The third-order valence-corrected chi connectivity index (χ3v) is 8.34. The van der Waals surface area contributed by atoms with E-state index in [1.807, 2.05) is 97.4 Å². The van der Waals surface area contributed by atoms with Crippen LogP contribution in [-0.2, 0) is 4.79 Å². The zero-order valence-electron chi connectivity index (χ0n) is 22.6. The van der Waals surface area contributed by atoms with Gasteiger partial charge in [-0.1, -0.05) is 71.5 Å². The first-order valence-corrected chi connectivity index (χ1v) is 14.3. The number of fused-ring (bicyclic) bond motifs is 1. The van der Waals surface area contributed by atoms with E-state index in [0.717, 1.165) is 28.2 Å². The number of aryl methyl sites for hydroxylation is 1. The molecule has 9 heteroatoms. The van der Waals surface area contributed by atoms with Crippen LogP contribution in [0.5, 0.6) is 0 Å². The summed E-state index contributed by atoms with van der Waals surface area (Å²) in [6, 6.07) is 25.7. The SMILES string of the molecule is CC1=C(C(=O)Nc2ccccc2)[C@H](c2ccc(Cl)cc2)n2c(s/c(=C/c3c(C)nn(-c4ccccc4)c3C)c2=O)=N1. The highest BCUT2D eigenvalue weighted by molar-refractivity contribution is 7.07. The zero-order chi connectivity index (χ0) is 28.7. The van der Waals surface area contributed by atoms with Crippen LogP contribution >= 0.6 is 22.9 Å². The van der Waals surface area contributed by atoms with Crippen LogP contribution in [0, 0.1) is 13.8 Å². The summed E-state index contributed by atoms with van der Waals surface area (Å²) in [4.78, 5) is 33.0. The van der Waals surface area contributed by atoms with Gasteiger partial charge < -0.3 is 5.32 Å². The van der Waals surface area contributed by atoms with Gasteiger partial charge in [-0.25, -0.2) is 9.67 Å². The van der Waals surface area contributed by atoms with Crippen LogP contribution in [-0.4, -0.2) is 20.3 Å². The summed E-state index contributed by atoms with van der Waals surface area (Å²) >= 11 is 7.50. The molecule has 0 spiro atoms. The van der Waals surface area contributed by atoms with E-state index < -0.39 is 6.04 Å². The van der Waals surface area contributed by atoms with Crippen LogP contribution in [0.2, 0.25) is 5.02 Å². The van der Waals surface area contributed by atoms with Crippen molar-refractivity contribution in [3.05, 3.63) is 143 Å². The van der Waals surface area contributed by atoms with Gasteiger partial charge in [-0.3, -0.25) is 14.2 Å². The molecule has 0 bridgehead atoms. The quantitative estimate of drug-likeness (QED) is 0.306. The Morgan fingerprint density at radius 3 is 2.29 bits per heavy atom. The predicted octanol–water partition coefficient (Wildman–Crippen LogP) is 5.33. The average Bonchev–Trinajstić information content (AvgIpc) is 3.43. The second-order valence-corrected chi connectivity index (χ2v) is 11.2. The Labute approximate surface area is 245 Å². The molecule has 204 valence electrons. The lowest BCUT2D eigenvalue weighted by Gasteiger charge is -2.25. The Morgan fingerprint density at radius 2 is 1.61 bits per heavy atom. The van der Waals surface area contributed by atoms with E-state index in [0.29, 0.717) is 31.3 Å². The number of carbonyl (C=O) groups is 1. The number of carbonyl (C=O) groups excluding carboxylic acids is 1. The van der Waals surface area contributed by atoms with Crippen molar-refractivity contribution < 1.29 is 4.79 Å². The van der Waals surface area contributed by atoms with E-state index >= 15 is 0 Å². The minimum atomic E-state index is -0.677. The summed E-state index contributed by atoms with van der Waals surface area (Å²) in [5, 5.41) is 8.27. The van der Waals surface area contributed by atoms with Gasteiger partial charge in [0.15, 0.2) is 4.80 Å². The number of halogens is 1. The number of nitrogens with one attached hydrogen (secondary N) is 1. The maximum Gasteiger partial charge on any atom is 0.271 e. The maximum absolute atomic E-state index is 14.1. The largest absolute Gasteiger partial charge is 0.322 e. The first-order chi connectivity index (χ1) is 19.8. The van der Waals surface area contributed by atoms with Gasteiger partial charge in [-0.2, -0.15) is 5.10 Å². The van der Waals surface area contributed by atoms with E-state index in [9.17, 15) is 9.59 Å². The van der Waals surface area contributed by atoms with Gasteiger partial charge in [0.25, 0.3) is 11.5 Å². The van der Waals surface area contributed by atoms with E-state index in [-0.39, 0.29) is 11.5 Å². The fourth-order valence-corrected chi connectivity index (χ4v) is 6.26. The van der Waals surface area contributed by atoms with Crippen molar-refractivity contribution in [2.75, 3.05) is 5.32 Å². The fourth-order valence-electron chi connectivity index (χ4n) is 5.11. The van der Waals surface area contributed by atoms with Crippen LogP contribution in [0.1, 0.15) is 35.5 Å². The van der Waals surface area contributed by atoms with Crippen molar-refractivity contribution in [2.45, 2.75) is 26.8 Å². The summed E-state index contributed by atoms with van der Waals surface area (Å²) < 4.78 is 4.00. The van der Waals surface area contributed by atoms with Crippen LogP contribution < -0.4 is 20.2 Å². The third-order valence-electron chi connectivity index (χ3n) is 7.11. The molecule has 0 unspecified atom stereocenters. The molecule has 1 atom stereocenters. The van der Waals surface area contributed by atoms with E-state index in [4.69, 9.17) is 21.7 Å². The maximum atomic E-state index is 14.1. The Kier molecular flexibility index (Phi) is 7.03. The lowest BCUT2D eigenvalue weighted by molar-refractivity contribution is -0.113. The summed E-state index contributed by atoms with van der Waals surface area (Å²) in [5.74, 6) is -0.317. The van der Waals surface area contributed by atoms with Crippen molar-refractivity contribution in [3.8, 4) is 5.69 Å². The lowest BCUT2D eigenvalue weighted by Crippen LogP contribution is -2.40. The number of allylic oxidation sites excluding steroid dienone is 1. The number of anilines is 1. The number of benzene rings is 3. The number of thiazole rings is 1. The van der Waals surface area contributed by atoms with E-state index in [1.165, 1.54) is 11.3 Å². The summed E-state index contributed by atoms with van der Waals surface area (Å²) in [5.41, 5.74) is 5.71. The minimum Gasteiger partial charge on any atom is -0.322 e. The molecule has 1 amide bonds. The van der Waals surface area contributed by atoms with Crippen LogP contribution in [0.3, 0.4) is 0 Å². The van der Waals surface area contributed by atoms with Gasteiger partial charge in [-0.15, -0.1) is 0 Å². The van der Waals surface area contributed by atoms with E-state index in [1.54, 1.807) is 23.6 Å². The molecule has 0 fully saturated rings. The van der Waals surface area contributed by atoms with Gasteiger partial charge in [0.1, 0.15) is 0 Å². The van der Waals surface area contributed by atoms with Crippen LogP contribution in [0.4, 0.5) is 5.69 Å². The number of amides is 1. The highest BCUT2D eigenvalue weighted by atomic mass is 35.5. The van der Waals surface area contributed by atoms with Crippen molar-refractivity contribution in [2.24, 2.45) is 4.99 Å². The third kappa shape index (κ3) is 4.96. The number of nitrogens with zero attached hydrogens (tertiary/aromatic N) is 4. The molecule has 1 aliphatic heterocycles. The Hall–Kier alpha value is -4.53. The zero-order valence-corrected chi connectivity index (χ0v) is 24.2. The second kappa shape index (κ2) is 10.8. The molecule has 5 aromatic rings. The first kappa shape index (κ1) is 26.7.